The molecule has 0 bridgehead atoms. The molecule has 0 spiro atoms. The molecule has 0 atom stereocenters. The normalized spacial score (nSPS) is 17.8. The monoisotopic (exact) mass is 269 g/mol. The summed E-state index contributed by atoms with van der Waals surface area (Å²) in [5, 5.41) is 1.77. The van der Waals surface area contributed by atoms with Crippen LogP contribution in [0.2, 0.25) is 0 Å². The highest BCUT2D eigenvalue weighted by molar-refractivity contribution is 7.89. The molecule has 1 fully saturated rings. The first-order valence-corrected chi connectivity index (χ1v) is 7.66. The topological polar surface area (TPSA) is 75.4 Å². The highest BCUT2D eigenvalue weighted by Gasteiger charge is 2.19. The van der Waals surface area contributed by atoms with Crippen LogP contribution in [0.5, 0.6) is 0 Å². The number of hydrazine groups is 1. The van der Waals surface area contributed by atoms with Crippen molar-refractivity contribution in [2.75, 3.05) is 13.1 Å². The van der Waals surface area contributed by atoms with Gasteiger partial charge in [0.05, 0.1) is 4.90 Å². The summed E-state index contributed by atoms with van der Waals surface area (Å²) in [4.78, 5) is 2.90. The summed E-state index contributed by atoms with van der Waals surface area (Å²) < 4.78 is 24.3. The van der Waals surface area contributed by atoms with Gasteiger partial charge in [0.1, 0.15) is 0 Å². The summed E-state index contributed by atoms with van der Waals surface area (Å²) >= 11 is 0. The maximum Gasteiger partial charge on any atom is 0.253 e. The van der Waals surface area contributed by atoms with Gasteiger partial charge >= 0.3 is 0 Å². The Morgan fingerprint density at radius 2 is 1.94 bits per heavy atom. The van der Waals surface area contributed by atoms with Gasteiger partial charge in [0, 0.05) is 19.6 Å². The van der Waals surface area contributed by atoms with Crippen LogP contribution in [0.4, 0.5) is 0 Å². The van der Waals surface area contributed by atoms with E-state index in [4.69, 9.17) is 5.73 Å². The average Bonchev–Trinajstić information content (AvgIpc) is 2.39. The zero-order chi connectivity index (χ0) is 13.0. The molecule has 0 aromatic heterocycles. The van der Waals surface area contributed by atoms with E-state index in [9.17, 15) is 8.42 Å². The zero-order valence-corrected chi connectivity index (χ0v) is 11.1. The highest BCUT2D eigenvalue weighted by Crippen LogP contribution is 2.13. The summed E-state index contributed by atoms with van der Waals surface area (Å²) in [5.41, 5.74) is 6.34. The first-order valence-electron chi connectivity index (χ1n) is 6.18. The average molecular weight is 269 g/mol. The standard InChI is InChI=1S/C12H19N3O2S/c13-10-11-5-4-6-12(9-11)18(16,17)14-15-7-2-1-3-8-15/h4-6,9,14H,1-3,7-8,10,13H2. The molecule has 1 aromatic carbocycles. The van der Waals surface area contributed by atoms with E-state index in [2.05, 4.69) is 4.83 Å². The first-order chi connectivity index (χ1) is 8.62. The molecule has 0 unspecified atom stereocenters. The van der Waals surface area contributed by atoms with Crippen molar-refractivity contribution in [3.63, 3.8) is 0 Å². The van der Waals surface area contributed by atoms with E-state index in [0.717, 1.165) is 31.5 Å². The fourth-order valence-corrected chi connectivity index (χ4v) is 3.24. The smallest absolute Gasteiger partial charge is 0.253 e. The Bertz CT molecular complexity index is 496. The third kappa shape index (κ3) is 3.29. The fourth-order valence-electron chi connectivity index (χ4n) is 2.05. The number of rotatable bonds is 4. The maximum atomic E-state index is 12.2. The molecule has 1 saturated heterocycles. The summed E-state index contributed by atoms with van der Waals surface area (Å²) in [7, 11) is -3.47. The molecule has 0 radical (unpaired) electrons. The molecular formula is C12H19N3O2S. The van der Waals surface area contributed by atoms with Gasteiger partial charge in [0.25, 0.3) is 10.0 Å². The van der Waals surface area contributed by atoms with Crippen molar-refractivity contribution in [2.45, 2.75) is 30.7 Å². The second kappa shape index (κ2) is 5.79. The van der Waals surface area contributed by atoms with Crippen molar-refractivity contribution in [3.8, 4) is 0 Å². The molecule has 0 amide bonds. The van der Waals surface area contributed by atoms with Crippen LogP contribution in [0.25, 0.3) is 0 Å². The van der Waals surface area contributed by atoms with Gasteiger partial charge < -0.3 is 5.73 Å². The van der Waals surface area contributed by atoms with E-state index in [1.54, 1.807) is 23.2 Å². The lowest BCUT2D eigenvalue weighted by atomic mass is 10.2. The SMILES string of the molecule is NCc1cccc(S(=O)(=O)NN2CCCCC2)c1. The van der Waals surface area contributed by atoms with Crippen molar-refractivity contribution in [1.82, 2.24) is 9.84 Å². The Labute approximate surface area is 108 Å². The lowest BCUT2D eigenvalue weighted by Gasteiger charge is -2.26. The van der Waals surface area contributed by atoms with Gasteiger partial charge in [-0.1, -0.05) is 18.6 Å². The molecule has 1 aromatic rings. The molecule has 5 nitrogen and oxygen atoms in total. The van der Waals surface area contributed by atoms with Gasteiger partial charge in [0.15, 0.2) is 0 Å². The number of nitrogens with one attached hydrogen (secondary N) is 1. The lowest BCUT2D eigenvalue weighted by molar-refractivity contribution is 0.200. The molecule has 0 saturated carbocycles. The van der Waals surface area contributed by atoms with Gasteiger partial charge in [-0.25, -0.2) is 13.4 Å². The van der Waals surface area contributed by atoms with Crippen molar-refractivity contribution in [2.24, 2.45) is 5.73 Å². The van der Waals surface area contributed by atoms with Crippen molar-refractivity contribution in [3.05, 3.63) is 29.8 Å². The molecule has 1 heterocycles. The third-order valence-corrected chi connectivity index (χ3v) is 4.42. The van der Waals surface area contributed by atoms with E-state index in [0.29, 0.717) is 6.54 Å². The number of nitrogens with zero attached hydrogens (tertiary/aromatic N) is 1. The molecule has 1 aliphatic rings. The molecule has 18 heavy (non-hydrogen) atoms. The van der Waals surface area contributed by atoms with Gasteiger partial charge in [-0.15, -0.1) is 4.83 Å². The summed E-state index contributed by atoms with van der Waals surface area (Å²) in [6, 6.07) is 6.74. The first kappa shape index (κ1) is 13.5. The van der Waals surface area contributed by atoms with Crippen molar-refractivity contribution < 1.29 is 8.42 Å². The Hall–Kier alpha value is -0.950. The van der Waals surface area contributed by atoms with E-state index in [1.165, 1.54) is 6.42 Å². The minimum Gasteiger partial charge on any atom is -0.326 e. The molecule has 0 aliphatic carbocycles. The number of sulfonamides is 1. The van der Waals surface area contributed by atoms with Crippen LogP contribution in [-0.4, -0.2) is 26.5 Å². The van der Waals surface area contributed by atoms with Gasteiger partial charge in [0.2, 0.25) is 0 Å². The minimum atomic E-state index is -3.47. The second-order valence-corrected chi connectivity index (χ2v) is 6.15. The van der Waals surface area contributed by atoms with Crippen LogP contribution in [-0.2, 0) is 16.6 Å². The predicted molar refractivity (Wildman–Crippen MR) is 70.1 cm³/mol. The van der Waals surface area contributed by atoms with Gasteiger partial charge in [-0.3, -0.25) is 0 Å². The van der Waals surface area contributed by atoms with Crippen LogP contribution in [0.15, 0.2) is 29.2 Å². The minimum absolute atomic E-state index is 0.274. The second-order valence-electron chi connectivity index (χ2n) is 4.49. The lowest BCUT2D eigenvalue weighted by Crippen LogP contribution is -2.44. The number of hydrogen-bond donors (Lipinski definition) is 2. The molecule has 100 valence electrons. The van der Waals surface area contributed by atoms with E-state index in [-0.39, 0.29) is 4.90 Å². The molecule has 1 aliphatic heterocycles. The summed E-state index contributed by atoms with van der Waals surface area (Å²) in [6.07, 6.45) is 3.23. The van der Waals surface area contributed by atoms with Crippen LogP contribution >= 0.6 is 0 Å². The summed E-state index contributed by atoms with van der Waals surface area (Å²) in [6.45, 7) is 1.89. The van der Waals surface area contributed by atoms with Crippen molar-refractivity contribution in [1.29, 1.82) is 0 Å². The van der Waals surface area contributed by atoms with Crippen LogP contribution in [0.3, 0.4) is 0 Å². The number of benzene rings is 1. The molecule has 3 N–H and O–H groups in total. The van der Waals surface area contributed by atoms with Gasteiger partial charge in [-0.2, -0.15) is 0 Å². The molecule has 6 heteroatoms. The number of piperidine rings is 1. The Morgan fingerprint density at radius 1 is 1.22 bits per heavy atom. The van der Waals surface area contributed by atoms with Crippen LogP contribution in [0, 0.1) is 0 Å². The Balaban J connectivity index is 2.13. The van der Waals surface area contributed by atoms with Crippen LogP contribution < -0.4 is 10.6 Å². The Morgan fingerprint density at radius 3 is 2.61 bits per heavy atom. The quantitative estimate of drug-likeness (QED) is 0.848. The van der Waals surface area contributed by atoms with E-state index in [1.807, 2.05) is 6.07 Å². The number of nitrogens with two attached hydrogens (primary N) is 1. The largest absolute Gasteiger partial charge is 0.326 e. The van der Waals surface area contributed by atoms with Crippen LogP contribution in [0.1, 0.15) is 24.8 Å². The maximum absolute atomic E-state index is 12.2. The fraction of sp³-hybridized carbons (Fsp3) is 0.500. The van der Waals surface area contributed by atoms with Gasteiger partial charge in [-0.05, 0) is 30.5 Å². The van der Waals surface area contributed by atoms with E-state index < -0.39 is 10.0 Å². The van der Waals surface area contributed by atoms with Crippen molar-refractivity contribution >= 4 is 10.0 Å². The molecular weight excluding hydrogens is 250 g/mol. The predicted octanol–water partition coefficient (Wildman–Crippen LogP) is 0.824. The summed E-state index contributed by atoms with van der Waals surface area (Å²) in [5.74, 6) is 0. The molecule has 2 rings (SSSR count). The Kier molecular flexibility index (Phi) is 4.34. The zero-order valence-electron chi connectivity index (χ0n) is 10.3. The highest BCUT2D eigenvalue weighted by atomic mass is 32.2. The number of hydrogen-bond acceptors (Lipinski definition) is 4. The third-order valence-electron chi connectivity index (χ3n) is 3.05. The van der Waals surface area contributed by atoms with E-state index >= 15 is 0 Å².